The van der Waals surface area contributed by atoms with E-state index >= 15 is 0 Å². The van der Waals surface area contributed by atoms with Gasteiger partial charge in [-0.3, -0.25) is 0 Å². The summed E-state index contributed by atoms with van der Waals surface area (Å²) in [6.45, 7) is 8.14. The van der Waals surface area contributed by atoms with Crippen LogP contribution in [0.15, 0.2) is 0 Å². The Morgan fingerprint density at radius 2 is 1.83 bits per heavy atom. The highest BCUT2D eigenvalue weighted by Crippen LogP contribution is 2.37. The van der Waals surface area contributed by atoms with Gasteiger partial charge in [0.2, 0.25) is 10.0 Å². The molecule has 1 unspecified atom stereocenters. The van der Waals surface area contributed by atoms with Crippen LogP contribution in [0.3, 0.4) is 0 Å². The topological polar surface area (TPSA) is 46.2 Å². The molecule has 1 heterocycles. The van der Waals surface area contributed by atoms with E-state index < -0.39 is 10.0 Å². The Morgan fingerprint density at radius 3 is 2.00 bits per heavy atom. The fourth-order valence-electron chi connectivity index (χ4n) is 1.31. The Bertz CT molecular complexity index is 276. The van der Waals surface area contributed by atoms with Crippen molar-refractivity contribution in [1.29, 1.82) is 0 Å². The summed E-state index contributed by atoms with van der Waals surface area (Å²) in [5, 5.41) is 0. The zero-order chi connectivity index (χ0) is 9.62. The van der Waals surface area contributed by atoms with Gasteiger partial charge in [-0.15, -0.1) is 0 Å². The minimum Gasteiger partial charge on any atom is -0.212 e. The van der Waals surface area contributed by atoms with Crippen molar-refractivity contribution in [3.8, 4) is 0 Å². The summed E-state index contributed by atoms with van der Waals surface area (Å²) in [5.74, 6) is 0.265. The van der Waals surface area contributed by atoms with Crippen LogP contribution >= 0.6 is 0 Å². The third-order valence-electron chi connectivity index (χ3n) is 2.91. The van der Waals surface area contributed by atoms with Crippen LogP contribution in [0.1, 0.15) is 34.1 Å². The lowest BCUT2D eigenvalue weighted by Crippen LogP contribution is -2.49. The smallest absolute Gasteiger partial charge is 0.212 e. The average molecular weight is 191 g/mol. The highest BCUT2D eigenvalue weighted by molar-refractivity contribution is 7.89. The third kappa shape index (κ3) is 1.64. The molecule has 1 saturated heterocycles. The summed E-state index contributed by atoms with van der Waals surface area (Å²) in [7, 11) is -2.99. The van der Waals surface area contributed by atoms with Crippen molar-refractivity contribution in [3.05, 3.63) is 0 Å². The van der Waals surface area contributed by atoms with Crippen molar-refractivity contribution in [2.24, 2.45) is 5.41 Å². The minimum atomic E-state index is -2.99. The molecular weight excluding hydrogens is 174 g/mol. The second-order valence-electron chi connectivity index (χ2n) is 4.75. The van der Waals surface area contributed by atoms with E-state index in [1.54, 1.807) is 0 Å². The SMILES string of the molecule is CC(C)(C)C1(C)CCS(=O)(=O)N1. The molecule has 0 aromatic heterocycles. The van der Waals surface area contributed by atoms with Crippen LogP contribution < -0.4 is 4.72 Å². The Kier molecular flexibility index (Phi) is 2.04. The van der Waals surface area contributed by atoms with Gasteiger partial charge in [0.05, 0.1) is 5.75 Å². The number of nitrogens with one attached hydrogen (secondary N) is 1. The summed E-state index contributed by atoms with van der Waals surface area (Å²) in [5.41, 5.74) is -0.289. The molecule has 0 aromatic rings. The normalized spacial score (nSPS) is 35.3. The van der Waals surface area contributed by atoms with E-state index in [1.165, 1.54) is 0 Å². The molecule has 0 spiro atoms. The van der Waals surface area contributed by atoms with Gasteiger partial charge in [0.25, 0.3) is 0 Å². The number of hydrogen-bond acceptors (Lipinski definition) is 2. The van der Waals surface area contributed by atoms with Crippen LogP contribution in [0.5, 0.6) is 0 Å². The molecule has 1 atom stereocenters. The maximum Gasteiger partial charge on any atom is 0.212 e. The molecule has 0 amide bonds. The maximum atomic E-state index is 11.2. The van der Waals surface area contributed by atoms with Crippen LogP contribution in [0, 0.1) is 5.41 Å². The van der Waals surface area contributed by atoms with Gasteiger partial charge >= 0.3 is 0 Å². The van der Waals surface area contributed by atoms with E-state index in [0.717, 1.165) is 0 Å². The predicted octanol–water partition coefficient (Wildman–Crippen LogP) is 1.11. The van der Waals surface area contributed by atoms with E-state index in [9.17, 15) is 8.42 Å². The first-order chi connectivity index (χ1) is 5.16. The van der Waals surface area contributed by atoms with Crippen molar-refractivity contribution in [3.63, 3.8) is 0 Å². The Labute approximate surface area is 74.6 Å². The lowest BCUT2D eigenvalue weighted by Gasteiger charge is -2.37. The first kappa shape index (κ1) is 9.99. The van der Waals surface area contributed by atoms with Crippen LogP contribution in [0.2, 0.25) is 0 Å². The van der Waals surface area contributed by atoms with E-state index in [4.69, 9.17) is 0 Å². The molecule has 3 nitrogen and oxygen atoms in total. The highest BCUT2D eigenvalue weighted by atomic mass is 32.2. The molecule has 0 bridgehead atoms. The molecule has 72 valence electrons. The van der Waals surface area contributed by atoms with Crippen LogP contribution in [-0.2, 0) is 10.0 Å². The van der Waals surface area contributed by atoms with Crippen molar-refractivity contribution < 1.29 is 8.42 Å². The highest BCUT2D eigenvalue weighted by Gasteiger charge is 2.45. The standard InChI is InChI=1S/C8H17NO2S/c1-7(2,3)8(4)5-6-12(10,11)9-8/h9H,5-6H2,1-4H3. The molecule has 0 saturated carbocycles. The lowest BCUT2D eigenvalue weighted by molar-refractivity contribution is 0.193. The number of rotatable bonds is 0. The summed E-state index contributed by atoms with van der Waals surface area (Å²) >= 11 is 0. The molecule has 1 fully saturated rings. The molecule has 4 heteroatoms. The predicted molar refractivity (Wildman–Crippen MR) is 49.4 cm³/mol. The first-order valence-corrected chi connectivity index (χ1v) is 5.83. The lowest BCUT2D eigenvalue weighted by atomic mass is 9.74. The van der Waals surface area contributed by atoms with Crippen molar-refractivity contribution in [1.82, 2.24) is 4.72 Å². The molecule has 0 aliphatic carbocycles. The Morgan fingerprint density at radius 1 is 1.33 bits per heavy atom. The summed E-state index contributed by atoms with van der Waals surface area (Å²) in [4.78, 5) is 0. The van der Waals surface area contributed by atoms with Gasteiger partial charge in [-0.25, -0.2) is 13.1 Å². The fraction of sp³-hybridized carbons (Fsp3) is 1.00. The number of sulfonamides is 1. The van der Waals surface area contributed by atoms with Crippen LogP contribution in [0.25, 0.3) is 0 Å². The number of hydrogen-bond donors (Lipinski definition) is 1. The van der Waals surface area contributed by atoms with Gasteiger partial charge in [-0.1, -0.05) is 20.8 Å². The maximum absolute atomic E-state index is 11.2. The molecule has 0 aromatic carbocycles. The van der Waals surface area contributed by atoms with Gasteiger partial charge in [-0.2, -0.15) is 0 Å². The zero-order valence-electron chi connectivity index (χ0n) is 8.14. The summed E-state index contributed by atoms with van der Waals surface area (Å²) in [6.07, 6.45) is 0.707. The largest absolute Gasteiger partial charge is 0.212 e. The zero-order valence-corrected chi connectivity index (χ0v) is 8.96. The first-order valence-electron chi connectivity index (χ1n) is 4.18. The summed E-state index contributed by atoms with van der Waals surface area (Å²) in [6, 6.07) is 0. The van der Waals surface area contributed by atoms with Gasteiger partial charge in [0.15, 0.2) is 0 Å². The Hall–Kier alpha value is -0.0900. The molecule has 1 aliphatic heterocycles. The van der Waals surface area contributed by atoms with Gasteiger partial charge in [0, 0.05) is 5.54 Å². The van der Waals surface area contributed by atoms with Gasteiger partial charge < -0.3 is 0 Å². The van der Waals surface area contributed by atoms with Gasteiger partial charge in [0.1, 0.15) is 0 Å². The second kappa shape index (κ2) is 2.45. The average Bonchev–Trinajstić information content (AvgIpc) is 2.05. The van der Waals surface area contributed by atoms with Crippen molar-refractivity contribution >= 4 is 10.0 Å². The van der Waals surface area contributed by atoms with E-state index in [2.05, 4.69) is 25.5 Å². The second-order valence-corrected chi connectivity index (χ2v) is 6.59. The molecule has 12 heavy (non-hydrogen) atoms. The van der Waals surface area contributed by atoms with Crippen molar-refractivity contribution in [2.75, 3.05) is 5.75 Å². The van der Waals surface area contributed by atoms with Crippen LogP contribution in [0.4, 0.5) is 0 Å². The summed E-state index contributed by atoms with van der Waals surface area (Å²) < 4.78 is 25.1. The minimum absolute atomic E-state index is 0.0173. The van der Waals surface area contributed by atoms with E-state index in [-0.39, 0.29) is 16.7 Å². The molecule has 1 N–H and O–H groups in total. The quantitative estimate of drug-likeness (QED) is 0.623. The van der Waals surface area contributed by atoms with Gasteiger partial charge in [-0.05, 0) is 18.8 Å². The third-order valence-corrected chi connectivity index (χ3v) is 4.41. The fourth-order valence-corrected chi connectivity index (χ4v) is 3.19. The molecule has 1 rings (SSSR count). The molecular formula is C8H17NO2S. The monoisotopic (exact) mass is 191 g/mol. The van der Waals surface area contributed by atoms with Crippen LogP contribution in [-0.4, -0.2) is 19.7 Å². The Balaban J connectivity index is 2.93. The van der Waals surface area contributed by atoms with E-state index in [0.29, 0.717) is 6.42 Å². The van der Waals surface area contributed by atoms with Crippen molar-refractivity contribution in [2.45, 2.75) is 39.7 Å². The molecule has 0 radical (unpaired) electrons. The van der Waals surface area contributed by atoms with E-state index in [1.807, 2.05) is 6.92 Å². The molecule has 1 aliphatic rings.